The zero-order valence-electron chi connectivity index (χ0n) is 7.92. The van der Waals surface area contributed by atoms with E-state index < -0.39 is 12.0 Å². The van der Waals surface area contributed by atoms with Gasteiger partial charge in [-0.05, 0) is 12.1 Å². The third-order valence-electron chi connectivity index (χ3n) is 2.17. The molecule has 1 fully saturated rings. The summed E-state index contributed by atoms with van der Waals surface area (Å²) in [5.74, 6) is -2.70. The maximum atomic E-state index is 12.9. The number of nitrogens with zero attached hydrogens (tertiary/aromatic N) is 1. The van der Waals surface area contributed by atoms with E-state index >= 15 is 0 Å². The van der Waals surface area contributed by atoms with E-state index in [0.29, 0.717) is 0 Å². The molecule has 1 aromatic rings. The monoisotopic (exact) mass is 253 g/mol. The lowest BCUT2D eigenvalue weighted by molar-refractivity contribution is -0.352. The first kappa shape index (κ1) is 11.6. The maximum Gasteiger partial charge on any atom is 0.448 e. The first-order valence-corrected chi connectivity index (χ1v) is 4.80. The molecule has 88 valence electrons. The Hall–Kier alpha value is -0.850. The van der Waals surface area contributed by atoms with Crippen molar-refractivity contribution in [2.75, 3.05) is 13.2 Å². The smallest absolute Gasteiger partial charge is 0.336 e. The number of pyridine rings is 1. The van der Waals surface area contributed by atoms with E-state index in [0.717, 1.165) is 6.20 Å². The van der Waals surface area contributed by atoms with Crippen LogP contribution in [0.1, 0.15) is 5.56 Å². The van der Waals surface area contributed by atoms with Crippen molar-refractivity contribution in [3.8, 4) is 0 Å². The number of alkyl halides is 3. The fourth-order valence-electron chi connectivity index (χ4n) is 1.48. The molecule has 7 heteroatoms. The summed E-state index contributed by atoms with van der Waals surface area (Å²) in [4.78, 5) is 3.59. The average Bonchev–Trinajstić information content (AvgIpc) is 2.68. The van der Waals surface area contributed by atoms with Gasteiger partial charge in [0.1, 0.15) is 5.15 Å². The Balaban J connectivity index is 2.44. The van der Waals surface area contributed by atoms with Gasteiger partial charge in [0.25, 0.3) is 5.79 Å². The molecule has 0 saturated carbocycles. The number of hydrogen-bond acceptors (Lipinski definition) is 3. The number of aromatic nitrogens is 1. The highest BCUT2D eigenvalue weighted by molar-refractivity contribution is 6.29. The number of ether oxygens (including phenoxy) is 2. The van der Waals surface area contributed by atoms with Gasteiger partial charge >= 0.3 is 6.18 Å². The van der Waals surface area contributed by atoms with Crippen molar-refractivity contribution in [1.29, 1.82) is 0 Å². The molecule has 3 nitrogen and oxygen atoms in total. The molecular formula is C9H7ClF3NO2. The lowest BCUT2D eigenvalue weighted by Crippen LogP contribution is -2.43. The Kier molecular flexibility index (Phi) is 2.81. The van der Waals surface area contributed by atoms with Crippen LogP contribution in [-0.2, 0) is 15.3 Å². The molecule has 0 atom stereocenters. The fourth-order valence-corrected chi connectivity index (χ4v) is 1.59. The van der Waals surface area contributed by atoms with E-state index in [-0.39, 0.29) is 23.9 Å². The molecule has 2 heterocycles. The molecule has 0 aromatic carbocycles. The van der Waals surface area contributed by atoms with Crippen molar-refractivity contribution in [3.63, 3.8) is 0 Å². The highest BCUT2D eigenvalue weighted by atomic mass is 35.5. The summed E-state index contributed by atoms with van der Waals surface area (Å²) >= 11 is 5.50. The minimum Gasteiger partial charge on any atom is -0.336 e. The number of hydrogen-bond donors (Lipinski definition) is 0. The molecule has 0 spiro atoms. The molecule has 0 radical (unpaired) electrons. The van der Waals surface area contributed by atoms with Crippen LogP contribution in [0.4, 0.5) is 13.2 Å². The predicted octanol–water partition coefficient (Wildman–Crippen LogP) is 2.50. The quantitative estimate of drug-likeness (QED) is 0.721. The van der Waals surface area contributed by atoms with Crippen LogP contribution in [0.15, 0.2) is 18.3 Å². The molecule has 0 unspecified atom stereocenters. The van der Waals surface area contributed by atoms with E-state index in [9.17, 15) is 13.2 Å². The van der Waals surface area contributed by atoms with E-state index in [1.54, 1.807) is 0 Å². The maximum absolute atomic E-state index is 12.9. The Labute approximate surface area is 94.1 Å². The van der Waals surface area contributed by atoms with Crippen LogP contribution in [0.5, 0.6) is 0 Å². The van der Waals surface area contributed by atoms with E-state index in [4.69, 9.17) is 21.1 Å². The minimum atomic E-state index is -4.65. The number of rotatable bonds is 1. The van der Waals surface area contributed by atoms with Gasteiger partial charge < -0.3 is 9.47 Å². The second-order valence-electron chi connectivity index (χ2n) is 3.18. The Morgan fingerprint density at radius 1 is 1.25 bits per heavy atom. The first-order valence-electron chi connectivity index (χ1n) is 4.42. The molecule has 0 N–H and O–H groups in total. The average molecular weight is 254 g/mol. The van der Waals surface area contributed by atoms with Crippen LogP contribution in [-0.4, -0.2) is 24.4 Å². The van der Waals surface area contributed by atoms with Crippen LogP contribution in [0.2, 0.25) is 5.15 Å². The molecule has 0 bridgehead atoms. The van der Waals surface area contributed by atoms with Gasteiger partial charge in [-0.15, -0.1) is 0 Å². The largest absolute Gasteiger partial charge is 0.448 e. The van der Waals surface area contributed by atoms with Gasteiger partial charge in [-0.25, -0.2) is 4.98 Å². The highest BCUT2D eigenvalue weighted by Crippen LogP contribution is 2.45. The zero-order valence-corrected chi connectivity index (χ0v) is 8.68. The van der Waals surface area contributed by atoms with Crippen molar-refractivity contribution >= 4 is 11.6 Å². The van der Waals surface area contributed by atoms with Gasteiger partial charge in [-0.2, -0.15) is 13.2 Å². The van der Waals surface area contributed by atoms with Crippen LogP contribution in [0, 0.1) is 0 Å². The molecule has 16 heavy (non-hydrogen) atoms. The summed E-state index contributed by atoms with van der Waals surface area (Å²) in [5.41, 5.74) is -0.207. The molecule has 1 aliphatic heterocycles. The predicted molar refractivity (Wildman–Crippen MR) is 48.9 cm³/mol. The second-order valence-corrected chi connectivity index (χ2v) is 3.57. The first-order chi connectivity index (χ1) is 7.46. The van der Waals surface area contributed by atoms with E-state index in [2.05, 4.69) is 4.98 Å². The Morgan fingerprint density at radius 3 is 2.31 bits per heavy atom. The van der Waals surface area contributed by atoms with Crippen LogP contribution < -0.4 is 0 Å². The standard InChI is InChI=1S/C9H7ClF3NO2/c10-7-2-1-6(5-14-7)8(9(11,12)13)15-3-4-16-8/h1-2,5H,3-4H2. The minimum absolute atomic E-state index is 0.109. The van der Waals surface area contributed by atoms with E-state index in [1.807, 2.05) is 0 Å². The summed E-state index contributed by atoms with van der Waals surface area (Å²) in [7, 11) is 0. The lowest BCUT2D eigenvalue weighted by Gasteiger charge is -2.29. The molecule has 2 rings (SSSR count). The van der Waals surface area contributed by atoms with Crippen molar-refractivity contribution < 1.29 is 22.6 Å². The van der Waals surface area contributed by atoms with Crippen LogP contribution in [0.3, 0.4) is 0 Å². The summed E-state index contributed by atoms with van der Waals surface area (Å²) < 4.78 is 48.1. The summed E-state index contributed by atoms with van der Waals surface area (Å²) in [6.07, 6.45) is -3.65. The summed E-state index contributed by atoms with van der Waals surface area (Å²) in [6.45, 7) is -0.218. The van der Waals surface area contributed by atoms with Gasteiger partial charge in [-0.1, -0.05) is 11.6 Å². The Morgan fingerprint density at radius 2 is 1.88 bits per heavy atom. The molecule has 0 aliphatic carbocycles. The normalized spacial score (nSPS) is 20.0. The summed E-state index contributed by atoms with van der Waals surface area (Å²) in [5, 5.41) is 0.110. The lowest BCUT2D eigenvalue weighted by atomic mass is 10.1. The zero-order chi connectivity index (χ0) is 11.8. The molecule has 1 aliphatic rings. The van der Waals surface area contributed by atoms with Gasteiger partial charge in [0.05, 0.1) is 13.2 Å². The SMILES string of the molecule is FC(F)(F)C1(c2ccc(Cl)nc2)OCCO1. The Bertz CT molecular complexity index is 373. The van der Waals surface area contributed by atoms with Gasteiger partial charge in [0, 0.05) is 11.8 Å². The molecule has 0 amide bonds. The van der Waals surface area contributed by atoms with Gasteiger partial charge in [-0.3, -0.25) is 0 Å². The molecule has 1 aromatic heterocycles. The van der Waals surface area contributed by atoms with Gasteiger partial charge in [0.15, 0.2) is 0 Å². The van der Waals surface area contributed by atoms with Crippen molar-refractivity contribution in [3.05, 3.63) is 29.0 Å². The topological polar surface area (TPSA) is 31.4 Å². The van der Waals surface area contributed by atoms with Crippen molar-refractivity contribution in [1.82, 2.24) is 4.98 Å². The van der Waals surface area contributed by atoms with Crippen LogP contribution >= 0.6 is 11.6 Å². The van der Waals surface area contributed by atoms with Gasteiger partial charge in [0.2, 0.25) is 0 Å². The fraction of sp³-hybridized carbons (Fsp3) is 0.444. The highest BCUT2D eigenvalue weighted by Gasteiger charge is 2.61. The van der Waals surface area contributed by atoms with Crippen molar-refractivity contribution in [2.24, 2.45) is 0 Å². The second kappa shape index (κ2) is 3.87. The van der Waals surface area contributed by atoms with Crippen LogP contribution in [0.25, 0.3) is 0 Å². The van der Waals surface area contributed by atoms with Crippen molar-refractivity contribution in [2.45, 2.75) is 12.0 Å². The summed E-state index contributed by atoms with van der Waals surface area (Å²) in [6, 6.07) is 2.45. The molecular weight excluding hydrogens is 247 g/mol. The number of halogens is 4. The third kappa shape index (κ3) is 1.77. The third-order valence-corrected chi connectivity index (χ3v) is 2.40. The molecule has 1 saturated heterocycles. The van der Waals surface area contributed by atoms with E-state index in [1.165, 1.54) is 12.1 Å².